The topological polar surface area (TPSA) is 71.1 Å². The predicted molar refractivity (Wildman–Crippen MR) is 101 cm³/mol. The fourth-order valence-corrected chi connectivity index (χ4v) is 3.74. The number of nitrogens with zero attached hydrogens (tertiary/aromatic N) is 1. The van der Waals surface area contributed by atoms with Gasteiger partial charge in [0.15, 0.2) is 0 Å². The molecule has 0 unspecified atom stereocenters. The van der Waals surface area contributed by atoms with Crippen LogP contribution >= 0.6 is 11.6 Å². The Morgan fingerprint density at radius 3 is 2.60 bits per heavy atom. The van der Waals surface area contributed by atoms with Gasteiger partial charge < -0.3 is 5.32 Å². The number of aromatic nitrogens is 1. The Kier molecular flexibility index (Phi) is 5.53. The molecule has 0 bridgehead atoms. The second-order valence-electron chi connectivity index (χ2n) is 5.51. The fourth-order valence-electron chi connectivity index (χ4n) is 2.48. The molecule has 0 spiro atoms. The summed E-state index contributed by atoms with van der Waals surface area (Å²) < 4.78 is 26.8. The number of fused-ring (bicyclic) bond motifs is 1. The molecule has 0 fully saturated rings. The largest absolute Gasteiger partial charge is 0.384 e. The molecule has 130 valence electrons. The summed E-state index contributed by atoms with van der Waals surface area (Å²) in [6.07, 6.45) is 2.38. The van der Waals surface area contributed by atoms with Gasteiger partial charge in [0.2, 0.25) is 10.0 Å². The number of rotatable bonds is 7. The van der Waals surface area contributed by atoms with Crippen LogP contribution < -0.4 is 10.0 Å². The van der Waals surface area contributed by atoms with Crippen LogP contribution in [-0.4, -0.2) is 26.5 Å². The first kappa shape index (κ1) is 17.7. The van der Waals surface area contributed by atoms with E-state index in [0.717, 1.165) is 16.6 Å². The quantitative estimate of drug-likeness (QED) is 0.618. The molecule has 1 aromatic heterocycles. The van der Waals surface area contributed by atoms with Crippen LogP contribution in [-0.2, 0) is 10.0 Å². The molecule has 5 nitrogen and oxygen atoms in total. The zero-order valence-electron chi connectivity index (χ0n) is 13.4. The van der Waals surface area contributed by atoms with Gasteiger partial charge in [0.05, 0.1) is 10.4 Å². The first-order valence-electron chi connectivity index (χ1n) is 7.89. The number of pyridine rings is 1. The normalized spacial score (nSPS) is 11.6. The maximum absolute atomic E-state index is 12.1. The molecule has 0 aliphatic rings. The number of nitrogens with one attached hydrogen (secondary N) is 2. The minimum Gasteiger partial charge on any atom is -0.384 e. The van der Waals surface area contributed by atoms with Crippen LogP contribution in [0.5, 0.6) is 0 Å². The predicted octanol–water partition coefficient (Wildman–Crippen LogP) is 3.67. The SMILES string of the molecule is O=S(=O)(NCCCNc1ccnc2cc(Cl)ccc12)c1ccccc1. The summed E-state index contributed by atoms with van der Waals surface area (Å²) in [5.41, 5.74) is 1.77. The first-order valence-corrected chi connectivity index (χ1v) is 9.75. The van der Waals surface area contributed by atoms with Crippen LogP contribution in [0.15, 0.2) is 65.7 Å². The van der Waals surface area contributed by atoms with E-state index in [0.29, 0.717) is 24.5 Å². The van der Waals surface area contributed by atoms with Gasteiger partial charge in [-0.05, 0) is 42.8 Å². The highest BCUT2D eigenvalue weighted by Crippen LogP contribution is 2.24. The molecule has 3 rings (SSSR count). The van der Waals surface area contributed by atoms with Crippen molar-refractivity contribution in [1.82, 2.24) is 9.71 Å². The van der Waals surface area contributed by atoms with E-state index in [1.165, 1.54) is 0 Å². The molecule has 0 aliphatic heterocycles. The van der Waals surface area contributed by atoms with Crippen LogP contribution in [0.4, 0.5) is 5.69 Å². The van der Waals surface area contributed by atoms with Gasteiger partial charge in [0, 0.05) is 35.4 Å². The molecular formula is C18H18ClN3O2S. The Balaban J connectivity index is 1.54. The molecule has 1 heterocycles. The van der Waals surface area contributed by atoms with E-state index in [1.54, 1.807) is 36.5 Å². The van der Waals surface area contributed by atoms with Crippen LogP contribution in [0.1, 0.15) is 6.42 Å². The minimum atomic E-state index is -3.45. The number of anilines is 1. The Hall–Kier alpha value is -2.15. The van der Waals surface area contributed by atoms with Gasteiger partial charge in [0.1, 0.15) is 0 Å². The van der Waals surface area contributed by atoms with Crippen molar-refractivity contribution in [2.75, 3.05) is 18.4 Å². The molecule has 7 heteroatoms. The average Bonchev–Trinajstić information content (AvgIpc) is 2.62. The number of halogens is 1. The Morgan fingerprint density at radius 2 is 1.80 bits per heavy atom. The summed E-state index contributed by atoms with van der Waals surface area (Å²) >= 11 is 5.98. The molecular weight excluding hydrogens is 358 g/mol. The van der Waals surface area contributed by atoms with Crippen LogP contribution in [0.3, 0.4) is 0 Å². The highest BCUT2D eigenvalue weighted by molar-refractivity contribution is 7.89. The maximum Gasteiger partial charge on any atom is 0.240 e. The lowest BCUT2D eigenvalue weighted by Crippen LogP contribution is -2.26. The molecule has 25 heavy (non-hydrogen) atoms. The lowest BCUT2D eigenvalue weighted by molar-refractivity contribution is 0.580. The van der Waals surface area contributed by atoms with Crippen molar-refractivity contribution >= 4 is 38.2 Å². The highest BCUT2D eigenvalue weighted by atomic mass is 35.5. The van der Waals surface area contributed by atoms with Crippen molar-refractivity contribution in [3.63, 3.8) is 0 Å². The van der Waals surface area contributed by atoms with E-state index in [1.807, 2.05) is 24.3 Å². The van der Waals surface area contributed by atoms with E-state index in [9.17, 15) is 8.42 Å². The van der Waals surface area contributed by atoms with Crippen molar-refractivity contribution in [2.24, 2.45) is 0 Å². The Bertz CT molecular complexity index is 962. The smallest absolute Gasteiger partial charge is 0.240 e. The lowest BCUT2D eigenvalue weighted by atomic mass is 10.2. The van der Waals surface area contributed by atoms with Crippen molar-refractivity contribution < 1.29 is 8.42 Å². The average molecular weight is 376 g/mol. The van der Waals surface area contributed by atoms with Gasteiger partial charge in [0.25, 0.3) is 0 Å². The van der Waals surface area contributed by atoms with Gasteiger partial charge in [-0.1, -0.05) is 29.8 Å². The zero-order valence-corrected chi connectivity index (χ0v) is 15.0. The summed E-state index contributed by atoms with van der Waals surface area (Å²) in [4.78, 5) is 4.57. The van der Waals surface area contributed by atoms with Gasteiger partial charge >= 0.3 is 0 Å². The van der Waals surface area contributed by atoms with Crippen LogP contribution in [0, 0.1) is 0 Å². The van der Waals surface area contributed by atoms with E-state index in [2.05, 4.69) is 15.0 Å². The number of hydrogen-bond acceptors (Lipinski definition) is 4. The molecule has 2 N–H and O–H groups in total. The molecule has 0 saturated heterocycles. The zero-order chi connectivity index (χ0) is 17.7. The Morgan fingerprint density at radius 1 is 1.00 bits per heavy atom. The number of hydrogen-bond donors (Lipinski definition) is 2. The molecule has 0 amide bonds. The lowest BCUT2D eigenvalue weighted by Gasteiger charge is -2.10. The monoisotopic (exact) mass is 375 g/mol. The second-order valence-corrected chi connectivity index (χ2v) is 7.71. The third-order valence-corrected chi connectivity index (χ3v) is 5.43. The summed E-state index contributed by atoms with van der Waals surface area (Å²) in [5.74, 6) is 0. The van der Waals surface area contributed by atoms with Gasteiger partial charge in [-0.25, -0.2) is 13.1 Å². The maximum atomic E-state index is 12.1. The van der Waals surface area contributed by atoms with Gasteiger partial charge in [-0.3, -0.25) is 4.98 Å². The molecule has 0 saturated carbocycles. The highest BCUT2D eigenvalue weighted by Gasteiger charge is 2.11. The van der Waals surface area contributed by atoms with Gasteiger partial charge in [-0.2, -0.15) is 0 Å². The molecule has 3 aromatic rings. The summed E-state index contributed by atoms with van der Waals surface area (Å²) in [6, 6.07) is 15.8. The second kappa shape index (κ2) is 7.82. The standard InChI is InChI=1S/C18H18ClN3O2S/c19-14-7-8-16-17(9-12-21-18(16)13-14)20-10-4-11-22-25(23,24)15-5-2-1-3-6-15/h1-3,5-9,12-13,22H,4,10-11H2,(H,20,21). The van der Waals surface area contributed by atoms with Gasteiger partial charge in [-0.15, -0.1) is 0 Å². The third-order valence-electron chi connectivity index (χ3n) is 3.72. The molecule has 0 aliphatic carbocycles. The minimum absolute atomic E-state index is 0.278. The van der Waals surface area contributed by atoms with E-state index >= 15 is 0 Å². The Labute approximate surface area is 152 Å². The van der Waals surface area contributed by atoms with E-state index in [-0.39, 0.29) is 4.90 Å². The van der Waals surface area contributed by atoms with E-state index < -0.39 is 10.0 Å². The number of benzene rings is 2. The fraction of sp³-hybridized carbons (Fsp3) is 0.167. The summed E-state index contributed by atoms with van der Waals surface area (Å²) in [6.45, 7) is 0.998. The summed E-state index contributed by atoms with van der Waals surface area (Å²) in [7, 11) is -3.45. The number of sulfonamides is 1. The van der Waals surface area contributed by atoms with Crippen molar-refractivity contribution in [3.05, 3.63) is 65.8 Å². The van der Waals surface area contributed by atoms with E-state index in [4.69, 9.17) is 11.6 Å². The van der Waals surface area contributed by atoms with Crippen LogP contribution in [0.2, 0.25) is 5.02 Å². The summed E-state index contributed by atoms with van der Waals surface area (Å²) in [5, 5.41) is 4.94. The van der Waals surface area contributed by atoms with Crippen molar-refractivity contribution in [2.45, 2.75) is 11.3 Å². The molecule has 0 radical (unpaired) electrons. The molecule has 0 atom stereocenters. The van der Waals surface area contributed by atoms with Crippen LogP contribution in [0.25, 0.3) is 10.9 Å². The van der Waals surface area contributed by atoms with Crippen molar-refractivity contribution in [3.8, 4) is 0 Å². The molecule has 2 aromatic carbocycles. The van der Waals surface area contributed by atoms with Crippen molar-refractivity contribution in [1.29, 1.82) is 0 Å². The first-order chi connectivity index (χ1) is 12.1. The third kappa shape index (κ3) is 4.48.